The van der Waals surface area contributed by atoms with Crippen LogP contribution < -0.4 is 32.2 Å². The van der Waals surface area contributed by atoms with E-state index < -0.39 is 69.3 Å². The number of nitro benzene ring substituents is 2. The number of rotatable bonds is 7. The number of benzene rings is 2. The standard InChI is InChI=1S/C12H10N6O6S.C9H7FN4O6S/c1-25(23,24)15-17-11(19)7-5-9(16-4-2-3-13-16)10(18(21)22)6-8(7)14-12(17)20;1-21(19,20)12-13-8(15)4-2-5(10)7(14(17)18)3-6(4)11-9(13)16/h2-6,15H,1H3,(H,14,20);2-3,12H,1H3,(H,11,16). The molecule has 0 bridgehead atoms. The first-order valence-electron chi connectivity index (χ1n) is 11.8. The first-order valence-corrected chi connectivity index (χ1v) is 15.6. The molecule has 25 heteroatoms. The fourth-order valence-corrected chi connectivity index (χ4v) is 4.84. The molecule has 3 heterocycles. The monoisotopic (exact) mass is 684 g/mol. The Kier molecular flexibility index (Phi) is 8.30. The number of nitro groups is 2. The number of aromatic nitrogens is 6. The van der Waals surface area contributed by atoms with E-state index in [1.54, 1.807) is 9.66 Å². The Morgan fingerprint density at radius 3 is 1.65 bits per heavy atom. The highest BCUT2D eigenvalue weighted by atomic mass is 32.2. The van der Waals surface area contributed by atoms with Crippen LogP contribution in [0.25, 0.3) is 27.5 Å². The molecular formula is C21H17FN10O12S2. The molecule has 2 aromatic carbocycles. The Morgan fingerprint density at radius 1 is 0.783 bits per heavy atom. The molecule has 0 spiro atoms. The first-order chi connectivity index (χ1) is 21.3. The number of fused-ring (bicyclic) bond motifs is 2. The van der Waals surface area contributed by atoms with E-state index in [1.165, 1.54) is 23.1 Å². The maximum atomic E-state index is 13.5. The van der Waals surface area contributed by atoms with Crippen LogP contribution in [0.3, 0.4) is 0 Å². The molecule has 0 fully saturated rings. The van der Waals surface area contributed by atoms with E-state index in [9.17, 15) is 60.6 Å². The molecule has 0 aliphatic heterocycles. The average Bonchev–Trinajstić information content (AvgIpc) is 3.47. The molecular weight excluding hydrogens is 667 g/mol. The molecule has 0 radical (unpaired) electrons. The van der Waals surface area contributed by atoms with Crippen molar-refractivity contribution in [3.63, 3.8) is 0 Å². The van der Waals surface area contributed by atoms with Crippen molar-refractivity contribution < 1.29 is 31.1 Å². The topological polar surface area (TPSA) is 306 Å². The van der Waals surface area contributed by atoms with Gasteiger partial charge in [-0.2, -0.15) is 18.8 Å². The van der Waals surface area contributed by atoms with Crippen LogP contribution in [0.15, 0.2) is 61.9 Å². The summed E-state index contributed by atoms with van der Waals surface area (Å²) in [6.07, 6.45) is 4.31. The van der Waals surface area contributed by atoms with Gasteiger partial charge in [-0.1, -0.05) is 0 Å². The van der Waals surface area contributed by atoms with E-state index in [4.69, 9.17) is 0 Å². The second-order valence-electron chi connectivity index (χ2n) is 9.07. The van der Waals surface area contributed by atoms with Crippen molar-refractivity contribution in [1.82, 2.24) is 29.1 Å². The van der Waals surface area contributed by atoms with Crippen molar-refractivity contribution in [3.05, 3.63) is 110 Å². The van der Waals surface area contributed by atoms with E-state index in [2.05, 4.69) is 15.1 Å². The highest BCUT2D eigenvalue weighted by molar-refractivity contribution is 7.91. The van der Waals surface area contributed by atoms with Gasteiger partial charge in [0, 0.05) is 24.5 Å². The molecule has 0 unspecified atom stereocenters. The number of sulfonamides is 2. The molecule has 4 N–H and O–H groups in total. The fraction of sp³-hybridized carbons (Fsp3) is 0.0952. The highest BCUT2D eigenvalue weighted by Crippen LogP contribution is 2.26. The second kappa shape index (κ2) is 11.7. The molecule has 0 saturated heterocycles. The van der Waals surface area contributed by atoms with Crippen molar-refractivity contribution in [2.45, 2.75) is 0 Å². The van der Waals surface area contributed by atoms with Gasteiger partial charge in [0.1, 0.15) is 5.69 Å². The average molecular weight is 685 g/mol. The van der Waals surface area contributed by atoms with E-state index in [1.807, 2.05) is 0 Å². The lowest BCUT2D eigenvalue weighted by Gasteiger charge is -2.09. The first kappa shape index (κ1) is 32.7. The number of halogens is 1. The van der Waals surface area contributed by atoms with Crippen molar-refractivity contribution in [3.8, 4) is 5.69 Å². The SMILES string of the molecule is CS(=O)(=O)Nn1c(=O)[nH]c2cc([N+](=O)[O-])c(-n3cccn3)cc2c1=O.CS(=O)(=O)Nn1c(=O)[nH]c2cc([N+](=O)[O-])c(F)cc2c1=O. The van der Waals surface area contributed by atoms with Gasteiger partial charge in [-0.05, 0) is 18.2 Å². The summed E-state index contributed by atoms with van der Waals surface area (Å²) < 4.78 is 59.8. The predicted molar refractivity (Wildman–Crippen MR) is 156 cm³/mol. The lowest BCUT2D eigenvalue weighted by molar-refractivity contribution is -0.387. The van der Waals surface area contributed by atoms with Crippen LogP contribution in [0.1, 0.15) is 0 Å². The van der Waals surface area contributed by atoms with Crippen LogP contribution in [0.2, 0.25) is 0 Å². The minimum atomic E-state index is -3.93. The summed E-state index contributed by atoms with van der Waals surface area (Å²) in [5, 5.41) is 25.2. The van der Waals surface area contributed by atoms with Gasteiger partial charge >= 0.3 is 17.1 Å². The zero-order chi connectivity index (χ0) is 34.3. The fourth-order valence-electron chi connectivity index (χ4n) is 3.85. The molecule has 5 aromatic rings. The molecule has 22 nitrogen and oxygen atoms in total. The highest BCUT2D eigenvalue weighted by Gasteiger charge is 2.21. The van der Waals surface area contributed by atoms with E-state index in [0.29, 0.717) is 18.4 Å². The Bertz CT molecular complexity index is 2540. The molecule has 0 amide bonds. The Hall–Kier alpha value is -6.24. The van der Waals surface area contributed by atoms with Crippen molar-refractivity contribution in [1.29, 1.82) is 0 Å². The van der Waals surface area contributed by atoms with Crippen molar-refractivity contribution in [2.75, 3.05) is 22.2 Å². The number of hydrogen-bond donors (Lipinski definition) is 4. The Morgan fingerprint density at radius 2 is 1.24 bits per heavy atom. The summed E-state index contributed by atoms with van der Waals surface area (Å²) in [5.74, 6) is -1.29. The summed E-state index contributed by atoms with van der Waals surface area (Å²) in [6, 6.07) is 4.92. The number of nitrogens with one attached hydrogen (secondary N) is 4. The van der Waals surface area contributed by atoms with Crippen molar-refractivity contribution in [2.24, 2.45) is 0 Å². The van der Waals surface area contributed by atoms with E-state index in [0.717, 1.165) is 18.4 Å². The summed E-state index contributed by atoms with van der Waals surface area (Å²) in [7, 11) is -7.83. The quantitative estimate of drug-likeness (QED) is 0.112. The minimum Gasteiger partial charge on any atom is -0.305 e. The smallest absolute Gasteiger partial charge is 0.305 e. The molecule has 242 valence electrons. The van der Waals surface area contributed by atoms with Gasteiger partial charge < -0.3 is 9.97 Å². The molecule has 0 aliphatic rings. The predicted octanol–water partition coefficient (Wildman–Crippen LogP) is -1.47. The third-order valence-corrected chi connectivity index (χ3v) is 6.65. The van der Waals surface area contributed by atoms with Gasteiger partial charge in [0.05, 0.1) is 44.2 Å². The van der Waals surface area contributed by atoms with Gasteiger partial charge in [0.25, 0.3) is 16.8 Å². The summed E-state index contributed by atoms with van der Waals surface area (Å²) in [4.78, 5) is 75.8. The van der Waals surface area contributed by atoms with E-state index >= 15 is 0 Å². The van der Waals surface area contributed by atoms with Gasteiger partial charge in [-0.25, -0.2) is 40.8 Å². The van der Waals surface area contributed by atoms with Gasteiger partial charge in [-0.3, -0.25) is 29.8 Å². The molecule has 0 atom stereocenters. The lowest BCUT2D eigenvalue weighted by atomic mass is 10.2. The van der Waals surface area contributed by atoms with Crippen LogP contribution in [0.4, 0.5) is 15.8 Å². The van der Waals surface area contributed by atoms with E-state index in [-0.39, 0.29) is 37.1 Å². The molecule has 46 heavy (non-hydrogen) atoms. The van der Waals surface area contributed by atoms with Crippen LogP contribution in [-0.2, 0) is 20.0 Å². The number of nitrogens with zero attached hydrogens (tertiary/aromatic N) is 6. The van der Waals surface area contributed by atoms with Gasteiger partial charge in [0.15, 0.2) is 0 Å². The third kappa shape index (κ3) is 6.78. The maximum absolute atomic E-state index is 13.5. The number of aromatic amines is 2. The van der Waals surface area contributed by atoms with Crippen LogP contribution in [-0.4, -0.2) is 68.3 Å². The molecule has 0 saturated carbocycles. The van der Waals surface area contributed by atoms with Crippen LogP contribution in [0, 0.1) is 26.0 Å². The van der Waals surface area contributed by atoms with Gasteiger partial charge in [-0.15, -0.1) is 0 Å². The third-order valence-electron chi connectivity index (χ3n) is 5.62. The summed E-state index contributed by atoms with van der Waals surface area (Å²) in [5.41, 5.74) is -6.11. The molecule has 5 rings (SSSR count). The zero-order valence-corrected chi connectivity index (χ0v) is 24.5. The van der Waals surface area contributed by atoms with Crippen molar-refractivity contribution >= 4 is 53.2 Å². The number of H-pyrrole nitrogens is 2. The summed E-state index contributed by atoms with van der Waals surface area (Å²) in [6.45, 7) is 0. The van der Waals surface area contributed by atoms with Crippen LogP contribution >= 0.6 is 0 Å². The Balaban J connectivity index is 0.000000212. The second-order valence-corrected chi connectivity index (χ2v) is 12.5. The molecule has 0 aliphatic carbocycles. The zero-order valence-electron chi connectivity index (χ0n) is 22.8. The normalized spacial score (nSPS) is 11.5. The number of hydrogen-bond acceptors (Lipinski definition) is 13. The lowest BCUT2D eigenvalue weighted by Crippen LogP contribution is -2.43. The van der Waals surface area contributed by atoms with Gasteiger partial charge in [0.2, 0.25) is 25.9 Å². The van der Waals surface area contributed by atoms with Crippen LogP contribution in [0.5, 0.6) is 0 Å². The summed E-state index contributed by atoms with van der Waals surface area (Å²) >= 11 is 0. The maximum Gasteiger partial charge on any atom is 0.348 e. The minimum absolute atomic E-state index is 0.0162. The molecule has 3 aromatic heterocycles. The Labute approximate surface area is 251 Å². The largest absolute Gasteiger partial charge is 0.348 e.